The molecule has 14 heavy (non-hydrogen) atoms. The van der Waals surface area contributed by atoms with E-state index in [0.29, 0.717) is 0 Å². The summed E-state index contributed by atoms with van der Waals surface area (Å²) in [5, 5.41) is 5.51. The van der Waals surface area contributed by atoms with Crippen LogP contribution in [0.2, 0.25) is 0 Å². The molecule has 1 fully saturated rings. The lowest BCUT2D eigenvalue weighted by atomic mass is 10.1. The Balaban J connectivity index is 1.89. The van der Waals surface area contributed by atoms with Crippen LogP contribution in [0.5, 0.6) is 0 Å². The molecule has 0 atom stereocenters. The maximum Gasteiger partial charge on any atom is 0.0349 e. The average Bonchev–Trinajstić information content (AvgIpc) is 2.54. The van der Waals surface area contributed by atoms with E-state index in [0.717, 1.165) is 12.6 Å². The van der Waals surface area contributed by atoms with Gasteiger partial charge in [0.25, 0.3) is 0 Å². The van der Waals surface area contributed by atoms with Gasteiger partial charge in [0.05, 0.1) is 0 Å². The summed E-state index contributed by atoms with van der Waals surface area (Å²) in [5.74, 6) is 0. The zero-order valence-electron chi connectivity index (χ0n) is 8.70. The molecule has 0 aliphatic carbocycles. The lowest BCUT2D eigenvalue weighted by Gasteiger charge is -2.37. The largest absolute Gasteiger partial charge is 0.314 e. The van der Waals surface area contributed by atoms with Gasteiger partial charge in [-0.05, 0) is 24.4 Å². The molecule has 0 radical (unpaired) electrons. The van der Waals surface area contributed by atoms with E-state index < -0.39 is 0 Å². The van der Waals surface area contributed by atoms with Crippen LogP contribution in [-0.4, -0.2) is 30.6 Å². The third-order valence-corrected chi connectivity index (χ3v) is 3.59. The van der Waals surface area contributed by atoms with Gasteiger partial charge in [-0.1, -0.05) is 13.0 Å². The van der Waals surface area contributed by atoms with Crippen LogP contribution >= 0.6 is 11.3 Å². The second-order valence-corrected chi connectivity index (χ2v) is 4.89. The fraction of sp³-hybridized carbons (Fsp3) is 0.636. The first kappa shape index (κ1) is 10.1. The monoisotopic (exact) mass is 210 g/mol. The third kappa shape index (κ3) is 2.35. The summed E-state index contributed by atoms with van der Waals surface area (Å²) >= 11 is 1.87. The molecule has 1 aromatic heterocycles. The maximum absolute atomic E-state index is 3.34. The van der Waals surface area contributed by atoms with Crippen molar-refractivity contribution in [2.75, 3.05) is 19.6 Å². The number of thiophene rings is 1. The van der Waals surface area contributed by atoms with Crippen LogP contribution in [0.15, 0.2) is 17.5 Å². The van der Waals surface area contributed by atoms with E-state index in [9.17, 15) is 0 Å². The van der Waals surface area contributed by atoms with Crippen molar-refractivity contribution in [3.8, 4) is 0 Å². The Morgan fingerprint density at radius 1 is 1.57 bits per heavy atom. The molecular weight excluding hydrogens is 192 g/mol. The third-order valence-electron chi connectivity index (χ3n) is 2.73. The van der Waals surface area contributed by atoms with Crippen molar-refractivity contribution in [3.63, 3.8) is 0 Å². The van der Waals surface area contributed by atoms with Gasteiger partial charge in [-0.25, -0.2) is 0 Å². The van der Waals surface area contributed by atoms with Crippen LogP contribution < -0.4 is 5.32 Å². The highest BCUT2D eigenvalue weighted by Gasteiger charge is 2.23. The lowest BCUT2D eigenvalue weighted by Crippen LogP contribution is -2.56. The molecule has 1 aliphatic rings. The van der Waals surface area contributed by atoms with Crippen LogP contribution in [0.3, 0.4) is 0 Å². The predicted octanol–water partition coefficient (Wildman–Crippen LogP) is 1.93. The van der Waals surface area contributed by atoms with Gasteiger partial charge in [-0.2, -0.15) is 0 Å². The first-order valence-electron chi connectivity index (χ1n) is 5.37. The summed E-state index contributed by atoms with van der Waals surface area (Å²) in [5.41, 5.74) is 0. The zero-order valence-corrected chi connectivity index (χ0v) is 9.52. The van der Waals surface area contributed by atoms with Crippen LogP contribution in [0.4, 0.5) is 0 Å². The summed E-state index contributed by atoms with van der Waals surface area (Å²) < 4.78 is 0. The topological polar surface area (TPSA) is 15.3 Å². The first-order valence-corrected chi connectivity index (χ1v) is 6.25. The highest BCUT2D eigenvalue weighted by Crippen LogP contribution is 2.15. The molecule has 0 amide bonds. The van der Waals surface area contributed by atoms with Crippen LogP contribution in [0.1, 0.15) is 18.2 Å². The number of rotatable bonds is 5. The molecule has 1 aromatic rings. The van der Waals surface area contributed by atoms with E-state index in [2.05, 4.69) is 34.7 Å². The molecule has 2 heterocycles. The molecule has 0 saturated carbocycles. The highest BCUT2D eigenvalue weighted by molar-refractivity contribution is 7.09. The minimum absolute atomic E-state index is 0.775. The second-order valence-electron chi connectivity index (χ2n) is 3.86. The first-order chi connectivity index (χ1) is 6.90. The lowest BCUT2D eigenvalue weighted by molar-refractivity contribution is 0.139. The highest BCUT2D eigenvalue weighted by atomic mass is 32.1. The second kappa shape index (κ2) is 4.91. The summed E-state index contributed by atoms with van der Waals surface area (Å²) in [6, 6.07) is 5.15. The number of nitrogens with one attached hydrogen (secondary N) is 1. The Bertz CT molecular complexity index is 254. The Kier molecular flexibility index (Phi) is 3.56. The van der Waals surface area contributed by atoms with Gasteiger partial charge in [-0.15, -0.1) is 11.3 Å². The molecular formula is C11H18N2S. The molecule has 2 nitrogen and oxygen atoms in total. The summed E-state index contributed by atoms with van der Waals surface area (Å²) in [4.78, 5) is 4.09. The fourth-order valence-corrected chi connectivity index (χ4v) is 2.54. The van der Waals surface area contributed by atoms with E-state index in [1.807, 2.05) is 11.3 Å². The summed E-state index contributed by atoms with van der Waals surface area (Å²) in [6.07, 6.45) is 1.25. The number of nitrogens with zero attached hydrogens (tertiary/aromatic N) is 1. The molecule has 1 aliphatic heterocycles. The molecule has 3 heteroatoms. The van der Waals surface area contributed by atoms with Crippen molar-refractivity contribution in [2.45, 2.75) is 25.9 Å². The summed E-state index contributed by atoms with van der Waals surface area (Å²) in [6.45, 7) is 6.96. The molecule has 0 aromatic carbocycles. The van der Waals surface area contributed by atoms with Gasteiger partial charge in [0, 0.05) is 30.6 Å². The number of hydrogen-bond donors (Lipinski definition) is 1. The van der Waals surface area contributed by atoms with Crippen LogP contribution in [-0.2, 0) is 6.54 Å². The molecule has 0 spiro atoms. The van der Waals surface area contributed by atoms with Gasteiger partial charge in [0.2, 0.25) is 0 Å². The van der Waals surface area contributed by atoms with Crippen molar-refractivity contribution < 1.29 is 0 Å². The van der Waals surface area contributed by atoms with Crippen molar-refractivity contribution in [3.05, 3.63) is 22.4 Å². The quantitative estimate of drug-likeness (QED) is 0.799. The molecule has 1 saturated heterocycles. The minimum atomic E-state index is 0.775. The van der Waals surface area contributed by atoms with Crippen molar-refractivity contribution in [2.24, 2.45) is 0 Å². The van der Waals surface area contributed by atoms with Crippen LogP contribution in [0, 0.1) is 0 Å². The van der Waals surface area contributed by atoms with Gasteiger partial charge in [0.1, 0.15) is 0 Å². The van der Waals surface area contributed by atoms with Gasteiger partial charge < -0.3 is 5.32 Å². The van der Waals surface area contributed by atoms with E-state index in [4.69, 9.17) is 0 Å². The molecule has 2 rings (SSSR count). The normalized spacial score (nSPS) is 17.3. The summed E-state index contributed by atoms with van der Waals surface area (Å²) in [7, 11) is 0. The SMILES string of the molecule is CCCN(Cc1cccs1)C1CNC1. The van der Waals surface area contributed by atoms with Crippen molar-refractivity contribution in [1.82, 2.24) is 10.2 Å². The maximum atomic E-state index is 3.34. The smallest absolute Gasteiger partial charge is 0.0349 e. The van der Waals surface area contributed by atoms with E-state index >= 15 is 0 Å². The molecule has 0 unspecified atom stereocenters. The fourth-order valence-electron chi connectivity index (χ4n) is 1.81. The van der Waals surface area contributed by atoms with Gasteiger partial charge >= 0.3 is 0 Å². The Hall–Kier alpha value is -0.380. The van der Waals surface area contributed by atoms with E-state index in [1.54, 1.807) is 0 Å². The minimum Gasteiger partial charge on any atom is -0.314 e. The predicted molar refractivity (Wildman–Crippen MR) is 61.7 cm³/mol. The Morgan fingerprint density at radius 2 is 2.43 bits per heavy atom. The zero-order chi connectivity index (χ0) is 9.80. The number of hydrogen-bond acceptors (Lipinski definition) is 3. The average molecular weight is 210 g/mol. The van der Waals surface area contributed by atoms with Crippen LogP contribution in [0.25, 0.3) is 0 Å². The molecule has 0 bridgehead atoms. The van der Waals surface area contributed by atoms with E-state index in [1.165, 1.54) is 30.9 Å². The van der Waals surface area contributed by atoms with Gasteiger partial charge in [-0.3, -0.25) is 4.90 Å². The standard InChI is InChI=1S/C11H18N2S/c1-2-5-13(10-7-12-8-10)9-11-4-3-6-14-11/h3-4,6,10,12H,2,5,7-9H2,1H3. The Labute approximate surface area is 89.9 Å². The van der Waals surface area contributed by atoms with E-state index in [-0.39, 0.29) is 0 Å². The Morgan fingerprint density at radius 3 is 2.93 bits per heavy atom. The van der Waals surface area contributed by atoms with Gasteiger partial charge in [0.15, 0.2) is 0 Å². The van der Waals surface area contributed by atoms with Crippen molar-refractivity contribution in [1.29, 1.82) is 0 Å². The molecule has 78 valence electrons. The van der Waals surface area contributed by atoms with Crippen molar-refractivity contribution >= 4 is 11.3 Å². The molecule has 1 N–H and O–H groups in total.